The molecule has 0 saturated heterocycles. The van der Waals surface area contributed by atoms with Gasteiger partial charge in [0.2, 0.25) is 0 Å². The first-order valence-corrected chi connectivity index (χ1v) is 2.60. The van der Waals surface area contributed by atoms with Crippen LogP contribution in [0.3, 0.4) is 0 Å². The maximum Gasteiger partial charge on any atom is 0.106 e. The fourth-order valence-electron chi connectivity index (χ4n) is 0.286. The Morgan fingerprint density at radius 2 is 2.33 bits per heavy atom. The quantitative estimate of drug-likeness (QED) is 0.405. The van der Waals surface area contributed by atoms with Crippen LogP contribution in [-0.4, -0.2) is 28.5 Å². The molecule has 0 aromatic rings. The van der Waals surface area contributed by atoms with Gasteiger partial charge in [-0.2, -0.15) is 0 Å². The van der Waals surface area contributed by atoms with E-state index in [2.05, 4.69) is 5.92 Å². The molecule has 0 radical (unpaired) electrons. The standard InChI is InChI=1S/C6H11NO2/c1-3-6(2,7)5(9)4-8/h1,5,8-9H,4,7H2,2H3/t5-,6+/m0/s1. The summed E-state index contributed by atoms with van der Waals surface area (Å²) in [6.45, 7) is 1.07. The minimum Gasteiger partial charge on any atom is -0.394 e. The number of aliphatic hydroxyl groups is 2. The molecule has 0 bridgehead atoms. The van der Waals surface area contributed by atoms with Crippen LogP contribution < -0.4 is 5.73 Å². The van der Waals surface area contributed by atoms with E-state index in [1.165, 1.54) is 6.92 Å². The number of rotatable bonds is 2. The Morgan fingerprint density at radius 1 is 1.89 bits per heavy atom. The van der Waals surface area contributed by atoms with E-state index < -0.39 is 18.2 Å². The molecule has 4 N–H and O–H groups in total. The van der Waals surface area contributed by atoms with Gasteiger partial charge < -0.3 is 15.9 Å². The monoisotopic (exact) mass is 129 g/mol. The minimum atomic E-state index is -1.12. The van der Waals surface area contributed by atoms with Crippen molar-refractivity contribution >= 4 is 0 Å². The first-order chi connectivity index (χ1) is 4.04. The van der Waals surface area contributed by atoms with E-state index in [1.54, 1.807) is 0 Å². The van der Waals surface area contributed by atoms with Gasteiger partial charge in [-0.1, -0.05) is 5.92 Å². The number of aliphatic hydroxyl groups excluding tert-OH is 2. The second-order valence-corrected chi connectivity index (χ2v) is 2.13. The van der Waals surface area contributed by atoms with Crippen LogP contribution >= 0.6 is 0 Å². The van der Waals surface area contributed by atoms with Crippen molar-refractivity contribution in [2.24, 2.45) is 5.73 Å². The topological polar surface area (TPSA) is 66.5 Å². The van der Waals surface area contributed by atoms with Crippen molar-refractivity contribution in [1.29, 1.82) is 0 Å². The van der Waals surface area contributed by atoms with Gasteiger partial charge in [0.25, 0.3) is 0 Å². The largest absolute Gasteiger partial charge is 0.394 e. The number of terminal acetylenes is 1. The molecule has 0 aliphatic carbocycles. The Balaban J connectivity index is 4.01. The molecule has 9 heavy (non-hydrogen) atoms. The van der Waals surface area contributed by atoms with Gasteiger partial charge in [-0.15, -0.1) is 6.42 Å². The van der Waals surface area contributed by atoms with Crippen LogP contribution in [-0.2, 0) is 0 Å². The highest BCUT2D eigenvalue weighted by Gasteiger charge is 2.24. The average molecular weight is 129 g/mol. The van der Waals surface area contributed by atoms with Crippen LogP contribution in [0.25, 0.3) is 0 Å². The maximum atomic E-state index is 8.87. The highest BCUT2D eigenvalue weighted by Crippen LogP contribution is 2.02. The number of hydrogen-bond donors (Lipinski definition) is 3. The van der Waals surface area contributed by atoms with Crippen LogP contribution in [0.1, 0.15) is 6.92 Å². The molecule has 0 fully saturated rings. The van der Waals surface area contributed by atoms with Crippen molar-refractivity contribution in [2.45, 2.75) is 18.6 Å². The molecule has 2 atom stereocenters. The van der Waals surface area contributed by atoms with Crippen LogP contribution in [0.5, 0.6) is 0 Å². The summed E-state index contributed by atoms with van der Waals surface area (Å²) in [4.78, 5) is 0. The predicted octanol–water partition coefficient (Wildman–Crippen LogP) is -1.31. The Bertz CT molecular complexity index is 126. The lowest BCUT2D eigenvalue weighted by Crippen LogP contribution is -2.48. The smallest absolute Gasteiger partial charge is 0.106 e. The summed E-state index contributed by atoms with van der Waals surface area (Å²) in [5, 5.41) is 17.2. The normalized spacial score (nSPS) is 19.9. The molecule has 0 heterocycles. The minimum absolute atomic E-state index is 0.406. The van der Waals surface area contributed by atoms with Crippen molar-refractivity contribution in [1.82, 2.24) is 0 Å². The number of hydrogen-bond acceptors (Lipinski definition) is 3. The zero-order chi connectivity index (χ0) is 7.49. The first-order valence-electron chi connectivity index (χ1n) is 2.60. The zero-order valence-corrected chi connectivity index (χ0v) is 5.33. The highest BCUT2D eigenvalue weighted by molar-refractivity contribution is 5.12. The fourth-order valence-corrected chi connectivity index (χ4v) is 0.286. The molecule has 0 aromatic carbocycles. The van der Waals surface area contributed by atoms with Gasteiger partial charge in [0.15, 0.2) is 0 Å². The first kappa shape index (κ1) is 8.44. The summed E-state index contributed by atoms with van der Waals surface area (Å²) < 4.78 is 0. The Hall–Kier alpha value is -0.560. The Labute approximate surface area is 54.5 Å². The third-order valence-corrected chi connectivity index (χ3v) is 1.18. The van der Waals surface area contributed by atoms with Crippen molar-refractivity contribution in [3.8, 4) is 12.3 Å². The summed E-state index contributed by atoms with van der Waals surface area (Å²) in [5.74, 6) is 2.16. The van der Waals surface area contributed by atoms with Crippen molar-refractivity contribution < 1.29 is 10.2 Å². The van der Waals surface area contributed by atoms with Gasteiger partial charge in [-0.25, -0.2) is 0 Å². The van der Waals surface area contributed by atoms with Gasteiger partial charge in [0, 0.05) is 0 Å². The van der Waals surface area contributed by atoms with Gasteiger partial charge >= 0.3 is 0 Å². The van der Waals surface area contributed by atoms with E-state index in [1.807, 2.05) is 0 Å². The molecule has 3 heteroatoms. The second kappa shape index (κ2) is 2.83. The van der Waals surface area contributed by atoms with Crippen molar-refractivity contribution in [3.05, 3.63) is 0 Å². The summed E-state index contributed by atoms with van der Waals surface area (Å²) in [7, 11) is 0. The van der Waals surface area contributed by atoms with Gasteiger partial charge in [0.1, 0.15) is 11.6 Å². The molecule has 0 aromatic heterocycles. The van der Waals surface area contributed by atoms with Gasteiger partial charge in [-0.3, -0.25) is 0 Å². The molecule has 3 nitrogen and oxygen atoms in total. The number of nitrogens with two attached hydrogens (primary N) is 1. The molecule has 0 aliphatic rings. The summed E-state index contributed by atoms with van der Waals surface area (Å²) >= 11 is 0. The van der Waals surface area contributed by atoms with Crippen molar-refractivity contribution in [3.63, 3.8) is 0 Å². The van der Waals surface area contributed by atoms with E-state index in [0.29, 0.717) is 0 Å². The zero-order valence-electron chi connectivity index (χ0n) is 5.33. The average Bonchev–Trinajstić information content (AvgIpc) is 1.86. The lowest BCUT2D eigenvalue weighted by molar-refractivity contribution is 0.0585. The Kier molecular flexibility index (Phi) is 2.65. The van der Waals surface area contributed by atoms with Gasteiger partial charge in [-0.05, 0) is 6.92 Å². The molecule has 0 saturated carbocycles. The Morgan fingerprint density at radius 3 is 2.44 bits per heavy atom. The van der Waals surface area contributed by atoms with E-state index in [-0.39, 0.29) is 0 Å². The van der Waals surface area contributed by atoms with E-state index >= 15 is 0 Å². The molecule has 0 amide bonds. The predicted molar refractivity (Wildman–Crippen MR) is 34.5 cm³/mol. The fraction of sp³-hybridized carbons (Fsp3) is 0.667. The van der Waals surface area contributed by atoms with Gasteiger partial charge in [0.05, 0.1) is 6.61 Å². The maximum absolute atomic E-state index is 8.87. The van der Waals surface area contributed by atoms with Crippen LogP contribution in [0.4, 0.5) is 0 Å². The molecule has 0 spiro atoms. The van der Waals surface area contributed by atoms with E-state index in [4.69, 9.17) is 22.4 Å². The van der Waals surface area contributed by atoms with Crippen LogP contribution in [0, 0.1) is 12.3 Å². The lowest BCUT2D eigenvalue weighted by atomic mass is 9.98. The molecule has 0 rings (SSSR count). The SMILES string of the molecule is C#C[C@@](C)(N)[C@@H](O)CO. The molecule has 52 valence electrons. The third-order valence-electron chi connectivity index (χ3n) is 1.18. The van der Waals surface area contributed by atoms with Crippen LogP contribution in [0.2, 0.25) is 0 Å². The second-order valence-electron chi connectivity index (χ2n) is 2.13. The highest BCUT2D eigenvalue weighted by atomic mass is 16.3. The summed E-state index contributed by atoms with van der Waals surface area (Å²) in [6.07, 6.45) is 3.90. The molecular formula is C6H11NO2. The van der Waals surface area contributed by atoms with E-state index in [0.717, 1.165) is 0 Å². The van der Waals surface area contributed by atoms with Crippen molar-refractivity contribution in [2.75, 3.05) is 6.61 Å². The van der Waals surface area contributed by atoms with E-state index in [9.17, 15) is 0 Å². The molecule has 0 unspecified atom stereocenters. The third kappa shape index (κ3) is 2.02. The summed E-state index contributed by atoms with van der Waals surface area (Å²) in [5.41, 5.74) is 4.21. The lowest BCUT2D eigenvalue weighted by Gasteiger charge is -2.22. The summed E-state index contributed by atoms with van der Waals surface area (Å²) in [6, 6.07) is 0. The molecule has 0 aliphatic heterocycles. The van der Waals surface area contributed by atoms with Crippen LogP contribution in [0.15, 0.2) is 0 Å². The molecular weight excluding hydrogens is 118 g/mol.